The Morgan fingerprint density at radius 1 is 1.38 bits per heavy atom. The van der Waals surface area contributed by atoms with Crippen molar-refractivity contribution < 1.29 is 4.79 Å². The zero-order valence-corrected chi connectivity index (χ0v) is 15.9. The van der Waals surface area contributed by atoms with Gasteiger partial charge in [-0.2, -0.15) is 5.10 Å². The van der Waals surface area contributed by atoms with Gasteiger partial charge in [0.05, 0.1) is 22.4 Å². The molecule has 132 valence electrons. The highest BCUT2D eigenvalue weighted by Gasteiger charge is 2.14. The summed E-state index contributed by atoms with van der Waals surface area (Å²) in [7, 11) is 0. The van der Waals surface area contributed by atoms with E-state index in [0.29, 0.717) is 12.5 Å². The van der Waals surface area contributed by atoms with Gasteiger partial charge in [-0.15, -0.1) is 11.3 Å². The number of hydrogen-bond donors (Lipinski definition) is 2. The van der Waals surface area contributed by atoms with Crippen molar-refractivity contribution in [2.45, 2.75) is 53.6 Å². The second-order valence-corrected chi connectivity index (χ2v) is 7.25. The van der Waals surface area contributed by atoms with Crippen molar-refractivity contribution >= 4 is 17.4 Å². The molecule has 2 N–H and O–H groups in total. The first kappa shape index (κ1) is 18.4. The monoisotopic (exact) mass is 349 g/mol. The smallest absolute Gasteiger partial charge is 0.315 e. The van der Waals surface area contributed by atoms with Crippen LogP contribution in [0.1, 0.15) is 48.9 Å². The molecule has 0 spiro atoms. The van der Waals surface area contributed by atoms with Crippen molar-refractivity contribution in [3.05, 3.63) is 33.5 Å². The number of amides is 2. The van der Waals surface area contributed by atoms with Crippen LogP contribution >= 0.6 is 11.3 Å². The second kappa shape index (κ2) is 8.28. The Hall–Kier alpha value is -1.89. The van der Waals surface area contributed by atoms with Crippen LogP contribution in [0.2, 0.25) is 0 Å². The first-order valence-corrected chi connectivity index (χ1v) is 9.26. The molecule has 0 radical (unpaired) electrons. The van der Waals surface area contributed by atoms with Gasteiger partial charge in [-0.3, -0.25) is 4.68 Å². The predicted molar refractivity (Wildman–Crippen MR) is 97.3 cm³/mol. The van der Waals surface area contributed by atoms with E-state index in [-0.39, 0.29) is 12.1 Å². The molecule has 2 aromatic rings. The van der Waals surface area contributed by atoms with E-state index in [9.17, 15) is 4.79 Å². The standard InChI is InChI=1S/C17H27N5OS/c1-6-16-20-15(10-24-16)14(5)19-17(23)18-8-11(2)9-22-13(4)7-12(3)21-22/h7,10-11,14H,6,8-9H2,1-5H3,(H2,18,19,23)/t11-,14+/m1/s1. The third kappa shape index (κ3) is 5.06. The minimum Gasteiger partial charge on any atom is -0.338 e. The Morgan fingerprint density at radius 3 is 2.71 bits per heavy atom. The number of aromatic nitrogens is 3. The zero-order valence-electron chi connectivity index (χ0n) is 15.1. The summed E-state index contributed by atoms with van der Waals surface area (Å²) >= 11 is 1.64. The van der Waals surface area contributed by atoms with E-state index < -0.39 is 0 Å². The van der Waals surface area contributed by atoms with Crippen LogP contribution in [0.15, 0.2) is 11.4 Å². The van der Waals surface area contributed by atoms with Crippen LogP contribution in [0.3, 0.4) is 0 Å². The molecule has 0 aliphatic heterocycles. The molecule has 0 saturated carbocycles. The van der Waals surface area contributed by atoms with Gasteiger partial charge in [-0.1, -0.05) is 13.8 Å². The van der Waals surface area contributed by atoms with E-state index in [1.54, 1.807) is 11.3 Å². The predicted octanol–water partition coefficient (Wildman–Crippen LogP) is 3.22. The number of rotatable bonds is 7. The molecule has 0 unspecified atom stereocenters. The van der Waals surface area contributed by atoms with Crippen LogP contribution in [0.4, 0.5) is 4.79 Å². The number of carbonyl (C=O) groups excluding carboxylic acids is 1. The molecule has 0 aliphatic carbocycles. The lowest BCUT2D eigenvalue weighted by Crippen LogP contribution is -2.39. The molecule has 7 heteroatoms. The summed E-state index contributed by atoms with van der Waals surface area (Å²) in [6, 6.07) is 1.81. The van der Waals surface area contributed by atoms with E-state index >= 15 is 0 Å². The fraction of sp³-hybridized carbons (Fsp3) is 0.588. The maximum atomic E-state index is 12.1. The quantitative estimate of drug-likeness (QED) is 0.806. The summed E-state index contributed by atoms with van der Waals surface area (Å²) in [4.78, 5) is 16.6. The van der Waals surface area contributed by atoms with Crippen LogP contribution in [0, 0.1) is 19.8 Å². The van der Waals surface area contributed by atoms with Crippen molar-refractivity contribution in [2.75, 3.05) is 6.54 Å². The van der Waals surface area contributed by atoms with Gasteiger partial charge in [0.1, 0.15) is 0 Å². The molecule has 0 aliphatic rings. The van der Waals surface area contributed by atoms with Gasteiger partial charge in [-0.05, 0) is 39.2 Å². The van der Waals surface area contributed by atoms with E-state index in [4.69, 9.17) is 0 Å². The molecule has 6 nitrogen and oxygen atoms in total. The highest BCUT2D eigenvalue weighted by Crippen LogP contribution is 2.16. The SMILES string of the molecule is CCc1nc([C@H](C)NC(=O)NC[C@@H](C)Cn2nc(C)cc2C)cs1. The molecule has 2 atom stereocenters. The van der Waals surface area contributed by atoms with Crippen molar-refractivity contribution in [3.8, 4) is 0 Å². The average molecular weight is 350 g/mol. The second-order valence-electron chi connectivity index (χ2n) is 6.31. The first-order valence-electron chi connectivity index (χ1n) is 8.38. The van der Waals surface area contributed by atoms with Crippen LogP contribution in [0.5, 0.6) is 0 Å². The molecular formula is C17H27N5OS. The number of nitrogens with one attached hydrogen (secondary N) is 2. The first-order chi connectivity index (χ1) is 11.4. The van der Waals surface area contributed by atoms with Crippen molar-refractivity contribution in [1.82, 2.24) is 25.4 Å². The highest BCUT2D eigenvalue weighted by atomic mass is 32.1. The van der Waals surface area contributed by atoms with Crippen molar-refractivity contribution in [2.24, 2.45) is 5.92 Å². The van der Waals surface area contributed by atoms with Gasteiger partial charge in [0.15, 0.2) is 0 Å². The normalized spacial score (nSPS) is 13.5. The lowest BCUT2D eigenvalue weighted by atomic mass is 10.2. The van der Waals surface area contributed by atoms with Crippen LogP contribution in [-0.4, -0.2) is 27.3 Å². The number of thiazole rings is 1. The number of hydrogen-bond acceptors (Lipinski definition) is 4. The third-order valence-corrected chi connectivity index (χ3v) is 4.87. The summed E-state index contributed by atoms with van der Waals surface area (Å²) in [5.74, 6) is 0.301. The largest absolute Gasteiger partial charge is 0.338 e. The fourth-order valence-corrected chi connectivity index (χ4v) is 3.33. The minimum absolute atomic E-state index is 0.0899. The molecule has 24 heavy (non-hydrogen) atoms. The van der Waals surface area contributed by atoms with E-state index in [1.807, 2.05) is 30.8 Å². The van der Waals surface area contributed by atoms with Crippen LogP contribution in [0.25, 0.3) is 0 Å². The Morgan fingerprint density at radius 2 is 2.12 bits per heavy atom. The van der Waals surface area contributed by atoms with E-state index in [0.717, 1.165) is 35.1 Å². The molecule has 0 aromatic carbocycles. The molecule has 0 bridgehead atoms. The molecule has 0 saturated heterocycles. The molecular weight excluding hydrogens is 322 g/mol. The van der Waals surface area contributed by atoms with Gasteiger partial charge in [0.2, 0.25) is 0 Å². The molecule has 2 aromatic heterocycles. The highest BCUT2D eigenvalue weighted by molar-refractivity contribution is 7.09. The number of aryl methyl sites for hydroxylation is 3. The van der Waals surface area contributed by atoms with Crippen molar-refractivity contribution in [1.29, 1.82) is 0 Å². The lowest BCUT2D eigenvalue weighted by Gasteiger charge is -2.16. The lowest BCUT2D eigenvalue weighted by molar-refractivity contribution is 0.235. The van der Waals surface area contributed by atoms with Crippen LogP contribution < -0.4 is 10.6 Å². The maximum absolute atomic E-state index is 12.1. The Balaban J connectivity index is 1.76. The number of carbonyl (C=O) groups is 1. The maximum Gasteiger partial charge on any atom is 0.315 e. The summed E-state index contributed by atoms with van der Waals surface area (Å²) < 4.78 is 1.99. The molecule has 0 fully saturated rings. The topological polar surface area (TPSA) is 71.8 Å². The minimum atomic E-state index is -0.159. The molecule has 2 rings (SSSR count). The number of nitrogens with zero attached hydrogens (tertiary/aromatic N) is 3. The summed E-state index contributed by atoms with van der Waals surface area (Å²) in [5, 5.41) is 13.4. The average Bonchev–Trinajstić information content (AvgIpc) is 3.12. The summed E-state index contributed by atoms with van der Waals surface area (Å²) in [5.41, 5.74) is 3.09. The van der Waals surface area contributed by atoms with Gasteiger partial charge in [0.25, 0.3) is 0 Å². The third-order valence-electron chi connectivity index (χ3n) is 3.86. The Labute approximate surface area is 147 Å². The summed E-state index contributed by atoms with van der Waals surface area (Å²) in [6.45, 7) is 11.6. The van der Waals surface area contributed by atoms with Crippen molar-refractivity contribution in [3.63, 3.8) is 0 Å². The zero-order chi connectivity index (χ0) is 17.7. The van der Waals surface area contributed by atoms with Gasteiger partial charge in [-0.25, -0.2) is 9.78 Å². The fourth-order valence-electron chi connectivity index (χ4n) is 2.49. The van der Waals surface area contributed by atoms with E-state index in [2.05, 4.69) is 40.6 Å². The van der Waals surface area contributed by atoms with Gasteiger partial charge >= 0.3 is 6.03 Å². The Bertz CT molecular complexity index is 678. The van der Waals surface area contributed by atoms with Gasteiger partial charge in [0, 0.05) is 24.2 Å². The Kier molecular flexibility index (Phi) is 6.36. The van der Waals surface area contributed by atoms with E-state index in [1.165, 1.54) is 0 Å². The van der Waals surface area contributed by atoms with Crippen LogP contribution in [-0.2, 0) is 13.0 Å². The molecule has 2 amide bonds. The molecule has 2 heterocycles. The number of urea groups is 1. The van der Waals surface area contributed by atoms with Gasteiger partial charge < -0.3 is 10.6 Å². The summed E-state index contributed by atoms with van der Waals surface area (Å²) in [6.07, 6.45) is 0.924.